The van der Waals surface area contributed by atoms with Gasteiger partial charge in [-0.1, -0.05) is 18.7 Å². The third-order valence-corrected chi connectivity index (χ3v) is 2.93. The van der Waals surface area contributed by atoms with Crippen LogP contribution in [-0.4, -0.2) is 19.6 Å². The average molecular weight is 223 g/mol. The Hall–Kier alpha value is -0.675. The molecule has 0 amide bonds. The van der Waals surface area contributed by atoms with Gasteiger partial charge in [0.1, 0.15) is 0 Å². The molecule has 0 aromatic heterocycles. The Labute approximate surface area is 87.2 Å². The zero-order valence-corrected chi connectivity index (χ0v) is 8.72. The second-order valence-electron chi connectivity index (χ2n) is 3.99. The van der Waals surface area contributed by atoms with E-state index in [0.29, 0.717) is 19.4 Å². The van der Waals surface area contributed by atoms with Gasteiger partial charge in [0, 0.05) is 0 Å². The van der Waals surface area contributed by atoms with Crippen molar-refractivity contribution in [1.82, 2.24) is 0 Å². The van der Waals surface area contributed by atoms with Gasteiger partial charge in [-0.3, -0.25) is 4.79 Å². The van der Waals surface area contributed by atoms with Crippen molar-refractivity contribution in [2.24, 2.45) is 5.92 Å². The minimum absolute atomic E-state index is 0.0764. The molecule has 0 saturated heterocycles. The highest BCUT2D eigenvalue weighted by Crippen LogP contribution is 2.41. The predicted molar refractivity (Wildman–Crippen MR) is 51.4 cm³/mol. The first-order valence-corrected chi connectivity index (χ1v) is 5.31. The summed E-state index contributed by atoms with van der Waals surface area (Å²) in [5, 5.41) is 0. The molecule has 0 aromatic carbocycles. The van der Waals surface area contributed by atoms with Crippen LogP contribution in [-0.2, 0) is 9.53 Å². The Bertz CT molecular complexity index is 222. The van der Waals surface area contributed by atoms with Gasteiger partial charge in [-0.25, -0.2) is 0 Å². The van der Waals surface area contributed by atoms with Crippen LogP contribution in [0.4, 0.5) is 12.9 Å². The Morgan fingerprint density at radius 1 is 1.27 bits per heavy atom. The van der Waals surface area contributed by atoms with Crippen LogP contribution >= 0.6 is 0 Å². The second kappa shape index (κ2) is 4.90. The molecule has 15 heavy (non-hydrogen) atoms. The summed E-state index contributed by atoms with van der Waals surface area (Å²) >= 11 is 0. The van der Waals surface area contributed by atoms with Gasteiger partial charge >= 0.3 is 12.9 Å². The first-order chi connectivity index (χ1) is 6.95. The Balaban J connectivity index is 2.39. The van der Waals surface area contributed by atoms with E-state index in [1.165, 1.54) is 0 Å². The number of hydrogen-bond donors (Lipinski definition) is 0. The molecule has 0 spiro atoms. The van der Waals surface area contributed by atoms with Crippen molar-refractivity contribution in [3.63, 3.8) is 0 Å². The fourth-order valence-corrected chi connectivity index (χ4v) is 1.99. The molecule has 0 aromatic rings. The lowest BCUT2D eigenvalue weighted by Crippen LogP contribution is -2.30. The first kappa shape index (κ1) is 12.4. The number of carbonyl (C=O) groups excluding carboxylic acids is 1. The zero-order valence-electron chi connectivity index (χ0n) is 8.72. The van der Waals surface area contributed by atoms with Crippen molar-refractivity contribution in [2.45, 2.75) is 38.4 Å². The number of rotatable bonds is 3. The summed E-state index contributed by atoms with van der Waals surface area (Å²) in [4.78, 5) is 11.3. The molecular formula is C9H15BF3O2-. The average Bonchev–Trinajstić information content (AvgIpc) is 2.17. The van der Waals surface area contributed by atoms with E-state index < -0.39 is 12.8 Å². The Morgan fingerprint density at radius 3 is 2.20 bits per heavy atom. The third-order valence-electron chi connectivity index (χ3n) is 2.93. The molecule has 0 N–H and O–H groups in total. The van der Waals surface area contributed by atoms with Crippen LogP contribution in [0.15, 0.2) is 0 Å². The van der Waals surface area contributed by atoms with Crippen molar-refractivity contribution in [2.75, 3.05) is 6.61 Å². The molecule has 0 aliphatic heterocycles. The van der Waals surface area contributed by atoms with Crippen LogP contribution in [0, 0.1) is 5.92 Å². The monoisotopic (exact) mass is 223 g/mol. The molecule has 0 bridgehead atoms. The molecule has 1 fully saturated rings. The Morgan fingerprint density at radius 2 is 1.80 bits per heavy atom. The second-order valence-corrected chi connectivity index (χ2v) is 3.99. The minimum Gasteiger partial charge on any atom is -0.466 e. The summed E-state index contributed by atoms with van der Waals surface area (Å²) in [6.07, 6.45) is 0.773. The highest BCUT2D eigenvalue weighted by atomic mass is 19.4. The molecule has 2 nitrogen and oxygen atoms in total. The highest BCUT2D eigenvalue weighted by Gasteiger charge is 2.38. The summed E-state index contributed by atoms with van der Waals surface area (Å²) in [6.45, 7) is -2.74. The van der Waals surface area contributed by atoms with E-state index in [-0.39, 0.29) is 24.7 Å². The van der Waals surface area contributed by atoms with Gasteiger partial charge in [-0.15, -0.1) is 0 Å². The Kier molecular flexibility index (Phi) is 4.05. The van der Waals surface area contributed by atoms with Crippen molar-refractivity contribution >= 4 is 12.9 Å². The van der Waals surface area contributed by atoms with Crippen molar-refractivity contribution in [3.8, 4) is 0 Å². The van der Waals surface area contributed by atoms with Crippen molar-refractivity contribution < 1.29 is 22.5 Å². The smallest absolute Gasteiger partial charge is 0.466 e. The maximum atomic E-state index is 12.4. The molecule has 1 rings (SSSR count). The predicted octanol–water partition coefficient (Wildman–Crippen LogP) is 2.96. The number of ether oxygens (including phenoxy) is 1. The van der Waals surface area contributed by atoms with E-state index in [4.69, 9.17) is 4.74 Å². The maximum Gasteiger partial charge on any atom is 0.481 e. The van der Waals surface area contributed by atoms with Crippen LogP contribution in [0.2, 0.25) is 5.82 Å². The van der Waals surface area contributed by atoms with E-state index >= 15 is 0 Å². The third kappa shape index (κ3) is 3.43. The standard InChI is InChI=1S/C9H15BF3O2/c1-2-15-9(14)7-3-5-8(6-4-7)10(11,12)13/h7-8H,2-6H2,1H3/q-1. The van der Waals surface area contributed by atoms with Crippen molar-refractivity contribution in [1.29, 1.82) is 0 Å². The number of esters is 1. The first-order valence-electron chi connectivity index (χ1n) is 5.31. The quantitative estimate of drug-likeness (QED) is 0.543. The summed E-state index contributed by atoms with van der Waals surface area (Å²) < 4.78 is 41.9. The SMILES string of the molecule is CCOC(=O)C1CCC([B-](F)(F)F)CC1. The fraction of sp³-hybridized carbons (Fsp3) is 0.889. The fourth-order valence-electron chi connectivity index (χ4n) is 1.99. The van der Waals surface area contributed by atoms with Gasteiger partial charge < -0.3 is 17.7 Å². The van der Waals surface area contributed by atoms with E-state index in [2.05, 4.69) is 0 Å². The molecule has 1 saturated carbocycles. The van der Waals surface area contributed by atoms with E-state index in [0.717, 1.165) is 0 Å². The van der Waals surface area contributed by atoms with Gasteiger partial charge in [0.25, 0.3) is 0 Å². The van der Waals surface area contributed by atoms with Gasteiger partial charge in [0.05, 0.1) is 12.5 Å². The number of carbonyl (C=O) groups is 1. The zero-order chi connectivity index (χ0) is 11.5. The van der Waals surface area contributed by atoms with Crippen LogP contribution in [0.25, 0.3) is 0 Å². The topological polar surface area (TPSA) is 26.3 Å². The van der Waals surface area contributed by atoms with Gasteiger partial charge in [-0.2, -0.15) is 0 Å². The van der Waals surface area contributed by atoms with Crippen LogP contribution in [0.3, 0.4) is 0 Å². The molecular weight excluding hydrogens is 208 g/mol. The molecule has 0 heterocycles. The summed E-state index contributed by atoms with van der Waals surface area (Å²) in [5.74, 6) is -1.83. The lowest BCUT2D eigenvalue weighted by Gasteiger charge is -2.33. The molecule has 88 valence electrons. The molecule has 0 radical (unpaired) electrons. The van der Waals surface area contributed by atoms with Gasteiger partial charge in [0.15, 0.2) is 0 Å². The highest BCUT2D eigenvalue weighted by molar-refractivity contribution is 6.60. The van der Waals surface area contributed by atoms with Crippen molar-refractivity contribution in [3.05, 3.63) is 0 Å². The van der Waals surface area contributed by atoms with Crippen LogP contribution < -0.4 is 0 Å². The van der Waals surface area contributed by atoms with Gasteiger partial charge in [-0.05, 0) is 19.8 Å². The van der Waals surface area contributed by atoms with E-state index in [9.17, 15) is 17.7 Å². The van der Waals surface area contributed by atoms with E-state index in [1.807, 2.05) is 0 Å². The largest absolute Gasteiger partial charge is 0.481 e. The molecule has 0 unspecified atom stereocenters. The number of halogens is 3. The molecule has 1 aliphatic carbocycles. The van der Waals surface area contributed by atoms with Gasteiger partial charge in [0.2, 0.25) is 0 Å². The maximum absolute atomic E-state index is 12.4. The normalized spacial score (nSPS) is 27.5. The summed E-state index contributed by atoms with van der Waals surface area (Å²) in [6, 6.07) is 0. The summed E-state index contributed by atoms with van der Waals surface area (Å²) in [7, 11) is 0. The van der Waals surface area contributed by atoms with E-state index in [1.54, 1.807) is 6.92 Å². The number of hydrogen-bond acceptors (Lipinski definition) is 2. The lowest BCUT2D eigenvalue weighted by atomic mass is 9.63. The van der Waals surface area contributed by atoms with Crippen LogP contribution in [0.1, 0.15) is 32.6 Å². The molecule has 0 atom stereocenters. The molecule has 1 aliphatic rings. The van der Waals surface area contributed by atoms with Crippen LogP contribution in [0.5, 0.6) is 0 Å². The lowest BCUT2D eigenvalue weighted by molar-refractivity contribution is -0.149. The summed E-state index contributed by atoms with van der Waals surface area (Å²) in [5.41, 5.74) is 0. The minimum atomic E-state index is -4.73. The molecule has 6 heteroatoms.